The Hall–Kier alpha value is -5.09. The number of para-hydroxylation sites is 3. The van der Waals surface area contributed by atoms with Crippen LogP contribution >= 0.6 is 0 Å². The summed E-state index contributed by atoms with van der Waals surface area (Å²) in [6.45, 7) is 0. The minimum absolute atomic E-state index is 0.614. The van der Waals surface area contributed by atoms with Gasteiger partial charge in [-0.15, -0.1) is 0 Å². The number of aromatic nitrogens is 3. The first kappa shape index (κ1) is 20.1. The smallest absolute Gasteiger partial charge is 0.228 e. The second-order valence-electron chi connectivity index (χ2n) is 9.30. The molecule has 0 saturated heterocycles. The molecule has 3 aromatic heterocycles. The average molecular weight is 476 g/mol. The molecule has 0 unspecified atom stereocenters. The van der Waals surface area contributed by atoms with Crippen LogP contribution in [0.1, 0.15) is 0 Å². The molecule has 0 bridgehead atoms. The molecule has 0 fully saturated rings. The molecule has 0 saturated carbocycles. The standard InChI is InChI=1S/C33H21N3O/c1-3-11-22(12-4-1)33-34-21-32(37-33)36-29-18-10-8-16-25(29)27-19-30-26(20-31(27)36)24-15-7-9-17-28(24)35(30)23-13-5-2-6-14-23/h1-21H. The molecule has 0 N–H and O–H groups in total. The van der Waals surface area contributed by atoms with Crippen LogP contribution in [0.15, 0.2) is 132 Å². The SMILES string of the molecule is c1ccc(-c2ncc(-n3c4ccccc4c4cc5c(cc43)c3ccccc3n5-c3ccccc3)o2)cc1. The van der Waals surface area contributed by atoms with Crippen LogP contribution in [0.3, 0.4) is 0 Å². The summed E-state index contributed by atoms with van der Waals surface area (Å²) < 4.78 is 10.9. The van der Waals surface area contributed by atoms with E-state index in [9.17, 15) is 0 Å². The Morgan fingerprint density at radius 3 is 1.70 bits per heavy atom. The number of oxazole rings is 1. The Labute approximate surface area is 212 Å². The fraction of sp³-hybridized carbons (Fsp3) is 0. The number of fused-ring (bicyclic) bond motifs is 6. The molecule has 3 heterocycles. The summed E-state index contributed by atoms with van der Waals surface area (Å²) in [5.41, 5.74) is 6.68. The zero-order valence-corrected chi connectivity index (χ0v) is 19.9. The number of hydrogen-bond acceptors (Lipinski definition) is 2. The third-order valence-corrected chi connectivity index (χ3v) is 7.22. The molecular formula is C33H21N3O. The quantitative estimate of drug-likeness (QED) is 0.257. The van der Waals surface area contributed by atoms with Gasteiger partial charge in [0.05, 0.1) is 28.3 Å². The summed E-state index contributed by atoms with van der Waals surface area (Å²) in [6, 6.07) is 42.4. The van der Waals surface area contributed by atoms with Gasteiger partial charge in [-0.1, -0.05) is 72.8 Å². The van der Waals surface area contributed by atoms with Gasteiger partial charge in [-0.3, -0.25) is 4.57 Å². The Morgan fingerprint density at radius 1 is 0.486 bits per heavy atom. The van der Waals surface area contributed by atoms with E-state index in [4.69, 9.17) is 4.42 Å². The van der Waals surface area contributed by atoms with Crippen molar-refractivity contribution >= 4 is 43.6 Å². The lowest BCUT2D eigenvalue weighted by atomic mass is 10.1. The fourth-order valence-electron chi connectivity index (χ4n) is 5.61. The van der Waals surface area contributed by atoms with E-state index in [0.717, 1.165) is 22.3 Å². The number of hydrogen-bond donors (Lipinski definition) is 0. The molecule has 4 heteroatoms. The van der Waals surface area contributed by atoms with Crippen molar-refractivity contribution < 1.29 is 4.42 Å². The van der Waals surface area contributed by atoms with E-state index in [1.807, 2.05) is 36.5 Å². The number of nitrogens with zero attached hydrogens (tertiary/aromatic N) is 3. The van der Waals surface area contributed by atoms with Gasteiger partial charge in [0.25, 0.3) is 0 Å². The van der Waals surface area contributed by atoms with Crippen molar-refractivity contribution in [2.45, 2.75) is 0 Å². The normalized spacial score (nSPS) is 11.8. The molecule has 5 aromatic carbocycles. The van der Waals surface area contributed by atoms with Gasteiger partial charge >= 0.3 is 0 Å². The van der Waals surface area contributed by atoms with Crippen molar-refractivity contribution in [1.82, 2.24) is 14.1 Å². The van der Waals surface area contributed by atoms with Crippen LogP contribution in [0.25, 0.3) is 66.6 Å². The predicted octanol–water partition coefficient (Wildman–Crippen LogP) is 8.54. The maximum absolute atomic E-state index is 6.35. The second-order valence-corrected chi connectivity index (χ2v) is 9.30. The molecule has 8 rings (SSSR count). The van der Waals surface area contributed by atoms with E-state index < -0.39 is 0 Å². The topological polar surface area (TPSA) is 35.9 Å². The molecule has 0 radical (unpaired) electrons. The largest absolute Gasteiger partial charge is 0.420 e. The first-order valence-electron chi connectivity index (χ1n) is 12.4. The maximum Gasteiger partial charge on any atom is 0.228 e. The van der Waals surface area contributed by atoms with Gasteiger partial charge in [-0.2, -0.15) is 0 Å². The van der Waals surface area contributed by atoms with Crippen LogP contribution in [0.4, 0.5) is 0 Å². The zero-order chi connectivity index (χ0) is 24.3. The van der Waals surface area contributed by atoms with Gasteiger partial charge in [0, 0.05) is 32.8 Å². The van der Waals surface area contributed by atoms with Crippen molar-refractivity contribution in [3.63, 3.8) is 0 Å². The predicted molar refractivity (Wildman–Crippen MR) is 151 cm³/mol. The highest BCUT2D eigenvalue weighted by Gasteiger charge is 2.19. The Bertz CT molecular complexity index is 2080. The van der Waals surface area contributed by atoms with E-state index >= 15 is 0 Å². The Balaban J connectivity index is 1.48. The molecule has 0 spiro atoms. The third kappa shape index (κ3) is 2.93. The summed E-state index contributed by atoms with van der Waals surface area (Å²) in [5.74, 6) is 1.32. The van der Waals surface area contributed by atoms with Gasteiger partial charge < -0.3 is 8.98 Å². The van der Waals surface area contributed by atoms with Gasteiger partial charge in [0.1, 0.15) is 0 Å². The van der Waals surface area contributed by atoms with Crippen LogP contribution in [0.5, 0.6) is 0 Å². The average Bonchev–Trinajstić information content (AvgIpc) is 3.65. The van der Waals surface area contributed by atoms with E-state index in [-0.39, 0.29) is 0 Å². The maximum atomic E-state index is 6.35. The first-order valence-corrected chi connectivity index (χ1v) is 12.4. The summed E-state index contributed by atoms with van der Waals surface area (Å²) in [6.07, 6.45) is 1.83. The summed E-state index contributed by atoms with van der Waals surface area (Å²) in [7, 11) is 0. The highest BCUT2D eigenvalue weighted by atomic mass is 16.4. The van der Waals surface area contributed by atoms with E-state index in [1.54, 1.807) is 0 Å². The van der Waals surface area contributed by atoms with Crippen LogP contribution in [0, 0.1) is 0 Å². The molecule has 0 atom stereocenters. The van der Waals surface area contributed by atoms with Crippen LogP contribution in [0.2, 0.25) is 0 Å². The lowest BCUT2D eigenvalue weighted by Crippen LogP contribution is -1.93. The number of benzene rings is 5. The van der Waals surface area contributed by atoms with E-state index in [2.05, 4.69) is 105 Å². The summed E-state index contributed by atoms with van der Waals surface area (Å²) in [4.78, 5) is 4.62. The highest BCUT2D eigenvalue weighted by molar-refractivity contribution is 6.18. The molecule has 37 heavy (non-hydrogen) atoms. The molecule has 0 aliphatic rings. The minimum atomic E-state index is 0.614. The summed E-state index contributed by atoms with van der Waals surface area (Å²) in [5, 5.41) is 4.80. The van der Waals surface area contributed by atoms with Crippen molar-refractivity contribution in [3.8, 4) is 23.0 Å². The first-order chi connectivity index (χ1) is 18.4. The minimum Gasteiger partial charge on any atom is -0.420 e. The molecule has 0 amide bonds. The molecule has 0 aliphatic heterocycles. The zero-order valence-electron chi connectivity index (χ0n) is 19.9. The molecular weight excluding hydrogens is 454 g/mol. The highest BCUT2D eigenvalue weighted by Crippen LogP contribution is 2.39. The van der Waals surface area contributed by atoms with Crippen LogP contribution in [-0.2, 0) is 0 Å². The van der Waals surface area contributed by atoms with Crippen molar-refractivity contribution in [1.29, 1.82) is 0 Å². The van der Waals surface area contributed by atoms with Crippen LogP contribution in [-0.4, -0.2) is 14.1 Å². The van der Waals surface area contributed by atoms with Gasteiger partial charge in [-0.25, -0.2) is 4.98 Å². The number of rotatable bonds is 3. The lowest BCUT2D eigenvalue weighted by Gasteiger charge is -2.08. The monoisotopic (exact) mass is 475 g/mol. The van der Waals surface area contributed by atoms with Crippen LogP contribution < -0.4 is 0 Å². The van der Waals surface area contributed by atoms with Crippen molar-refractivity contribution in [2.24, 2.45) is 0 Å². The molecule has 0 aliphatic carbocycles. The Morgan fingerprint density at radius 2 is 1.03 bits per heavy atom. The Kier molecular flexibility index (Phi) is 4.19. The van der Waals surface area contributed by atoms with E-state index in [1.165, 1.54) is 32.6 Å². The molecule has 174 valence electrons. The summed E-state index contributed by atoms with van der Waals surface area (Å²) >= 11 is 0. The van der Waals surface area contributed by atoms with E-state index in [0.29, 0.717) is 11.8 Å². The molecule has 8 aromatic rings. The van der Waals surface area contributed by atoms with Crippen molar-refractivity contribution in [2.75, 3.05) is 0 Å². The van der Waals surface area contributed by atoms with Crippen molar-refractivity contribution in [3.05, 3.63) is 128 Å². The fourth-order valence-corrected chi connectivity index (χ4v) is 5.61. The second kappa shape index (κ2) is 7.70. The lowest BCUT2D eigenvalue weighted by molar-refractivity contribution is 0.554. The third-order valence-electron chi connectivity index (χ3n) is 7.22. The van der Waals surface area contributed by atoms with Gasteiger partial charge in [0.2, 0.25) is 11.8 Å². The van der Waals surface area contributed by atoms with Gasteiger partial charge in [0.15, 0.2) is 0 Å². The van der Waals surface area contributed by atoms with Gasteiger partial charge in [-0.05, 0) is 48.5 Å². The molecule has 4 nitrogen and oxygen atoms in total.